The molecule has 7 heteroatoms. The van der Waals surface area contributed by atoms with Crippen LogP contribution in [0.3, 0.4) is 0 Å². The van der Waals surface area contributed by atoms with Gasteiger partial charge in [0.05, 0.1) is 18.0 Å². The van der Waals surface area contributed by atoms with Crippen LogP contribution in [0.1, 0.15) is 25.8 Å². The molecule has 0 spiro atoms. The molecular weight excluding hydrogens is 376 g/mol. The van der Waals surface area contributed by atoms with E-state index in [0.29, 0.717) is 29.5 Å². The third kappa shape index (κ3) is 4.84. The second-order valence-electron chi connectivity index (χ2n) is 7.32. The number of para-hydroxylation sites is 2. The number of carbonyl (C=O) groups excluding carboxylic acids is 1. The number of hydrogen-bond donors (Lipinski definition) is 1. The Kier molecular flexibility index (Phi) is 6.24. The Labute approximate surface area is 166 Å². The zero-order chi connectivity index (χ0) is 20.1. The molecule has 0 fully saturated rings. The molecule has 1 aliphatic rings. The van der Waals surface area contributed by atoms with Crippen molar-refractivity contribution in [3.05, 3.63) is 60.2 Å². The van der Waals surface area contributed by atoms with Crippen LogP contribution in [0.4, 0.5) is 5.69 Å². The highest BCUT2D eigenvalue weighted by atomic mass is 32.2. The van der Waals surface area contributed by atoms with Gasteiger partial charge in [-0.25, -0.2) is 8.42 Å². The molecule has 2 aromatic rings. The molecule has 3 rings (SSSR count). The van der Waals surface area contributed by atoms with Gasteiger partial charge in [0, 0.05) is 6.54 Å². The Morgan fingerprint density at radius 2 is 1.82 bits per heavy atom. The van der Waals surface area contributed by atoms with Crippen LogP contribution >= 0.6 is 0 Å². The van der Waals surface area contributed by atoms with Gasteiger partial charge < -0.3 is 10.1 Å². The quantitative estimate of drug-likeness (QED) is 0.773. The second-order valence-corrected chi connectivity index (χ2v) is 9.21. The molecule has 0 saturated carbocycles. The van der Waals surface area contributed by atoms with Crippen molar-refractivity contribution in [2.24, 2.45) is 5.92 Å². The summed E-state index contributed by atoms with van der Waals surface area (Å²) in [6, 6.07) is 15.9. The number of sulfonamides is 1. The van der Waals surface area contributed by atoms with E-state index >= 15 is 0 Å². The van der Waals surface area contributed by atoms with E-state index in [4.69, 9.17) is 4.74 Å². The molecular formula is C21H26N2O4S. The maximum absolute atomic E-state index is 13.1. The number of amides is 1. The largest absolute Gasteiger partial charge is 0.476 e. The van der Waals surface area contributed by atoms with E-state index in [1.807, 2.05) is 18.2 Å². The maximum Gasteiger partial charge on any atom is 0.263 e. The van der Waals surface area contributed by atoms with Gasteiger partial charge in [0.15, 0.2) is 6.10 Å². The standard InChI is InChI=1S/C21H26N2O4S/c1-16(2)12-13-22-21(24)20-14-23(18-10-6-7-11-19(18)27-20)28(25,26)15-17-8-4-3-5-9-17/h3-11,16,20H,12-15H2,1-2H3,(H,22,24). The van der Waals surface area contributed by atoms with E-state index in [-0.39, 0.29) is 18.2 Å². The van der Waals surface area contributed by atoms with Crippen LogP contribution in [0.25, 0.3) is 0 Å². The normalized spacial score (nSPS) is 16.4. The van der Waals surface area contributed by atoms with Crippen molar-refractivity contribution >= 4 is 21.6 Å². The van der Waals surface area contributed by atoms with Crippen molar-refractivity contribution in [2.45, 2.75) is 32.1 Å². The fourth-order valence-electron chi connectivity index (χ4n) is 3.06. The Morgan fingerprint density at radius 1 is 1.14 bits per heavy atom. The SMILES string of the molecule is CC(C)CCNC(=O)C1CN(S(=O)(=O)Cc2ccccc2)c2ccccc2O1. The Hall–Kier alpha value is -2.54. The number of nitrogens with zero attached hydrogens (tertiary/aromatic N) is 1. The fourth-order valence-corrected chi connectivity index (χ4v) is 4.65. The summed E-state index contributed by atoms with van der Waals surface area (Å²) in [7, 11) is -3.68. The van der Waals surface area contributed by atoms with Gasteiger partial charge in [0.2, 0.25) is 10.0 Å². The van der Waals surface area contributed by atoms with E-state index in [1.165, 1.54) is 4.31 Å². The molecule has 1 amide bonds. The monoisotopic (exact) mass is 402 g/mol. The summed E-state index contributed by atoms with van der Waals surface area (Å²) in [5, 5.41) is 2.85. The molecule has 0 radical (unpaired) electrons. The van der Waals surface area contributed by atoms with Crippen LogP contribution in [0.15, 0.2) is 54.6 Å². The average Bonchev–Trinajstić information content (AvgIpc) is 2.67. The van der Waals surface area contributed by atoms with Crippen LogP contribution in [-0.2, 0) is 20.6 Å². The number of ether oxygens (including phenoxy) is 1. The highest BCUT2D eigenvalue weighted by Crippen LogP contribution is 2.35. The molecule has 1 heterocycles. The number of fused-ring (bicyclic) bond motifs is 1. The van der Waals surface area contributed by atoms with E-state index in [2.05, 4.69) is 19.2 Å². The predicted octanol–water partition coefficient (Wildman–Crippen LogP) is 2.95. The van der Waals surface area contributed by atoms with Crippen molar-refractivity contribution in [1.29, 1.82) is 0 Å². The molecule has 0 bridgehead atoms. The van der Waals surface area contributed by atoms with Crippen LogP contribution < -0.4 is 14.4 Å². The molecule has 1 N–H and O–H groups in total. The molecule has 1 atom stereocenters. The Balaban J connectivity index is 1.82. The van der Waals surface area contributed by atoms with Gasteiger partial charge in [0.1, 0.15) is 5.75 Å². The minimum Gasteiger partial charge on any atom is -0.476 e. The molecule has 28 heavy (non-hydrogen) atoms. The van der Waals surface area contributed by atoms with Crippen LogP contribution in [0, 0.1) is 5.92 Å². The number of hydrogen-bond acceptors (Lipinski definition) is 4. The highest BCUT2D eigenvalue weighted by molar-refractivity contribution is 7.92. The molecule has 150 valence electrons. The third-order valence-corrected chi connectivity index (χ3v) is 6.29. The second kappa shape index (κ2) is 8.65. The zero-order valence-corrected chi connectivity index (χ0v) is 17.0. The zero-order valence-electron chi connectivity index (χ0n) is 16.2. The summed E-state index contributed by atoms with van der Waals surface area (Å²) in [6.07, 6.45) is -0.0296. The first kappa shape index (κ1) is 20.2. The van der Waals surface area contributed by atoms with E-state index < -0.39 is 16.1 Å². The van der Waals surface area contributed by atoms with Gasteiger partial charge in [-0.1, -0.05) is 56.3 Å². The van der Waals surface area contributed by atoms with Gasteiger partial charge in [-0.15, -0.1) is 0 Å². The van der Waals surface area contributed by atoms with Crippen LogP contribution in [0.2, 0.25) is 0 Å². The lowest BCUT2D eigenvalue weighted by Crippen LogP contribution is -2.51. The van der Waals surface area contributed by atoms with Crippen LogP contribution in [-0.4, -0.2) is 33.5 Å². The lowest BCUT2D eigenvalue weighted by atomic mass is 10.1. The van der Waals surface area contributed by atoms with Gasteiger partial charge in [-0.05, 0) is 30.0 Å². The predicted molar refractivity (Wildman–Crippen MR) is 110 cm³/mol. The minimum absolute atomic E-state index is 0.0420. The summed E-state index contributed by atoms with van der Waals surface area (Å²) in [5.74, 6) is 0.435. The molecule has 0 aliphatic carbocycles. The Morgan fingerprint density at radius 3 is 2.54 bits per heavy atom. The van der Waals surface area contributed by atoms with Gasteiger partial charge in [0.25, 0.3) is 5.91 Å². The van der Waals surface area contributed by atoms with E-state index in [0.717, 1.165) is 6.42 Å². The molecule has 1 unspecified atom stereocenters. The molecule has 6 nitrogen and oxygen atoms in total. The molecule has 2 aromatic carbocycles. The molecule has 1 aliphatic heterocycles. The lowest BCUT2D eigenvalue weighted by Gasteiger charge is -2.34. The maximum atomic E-state index is 13.1. The van der Waals surface area contributed by atoms with Crippen molar-refractivity contribution < 1.29 is 17.9 Å². The van der Waals surface area contributed by atoms with Crippen molar-refractivity contribution in [2.75, 3.05) is 17.4 Å². The third-order valence-electron chi connectivity index (χ3n) is 4.58. The van der Waals surface area contributed by atoms with Crippen molar-refractivity contribution in [3.63, 3.8) is 0 Å². The van der Waals surface area contributed by atoms with Crippen LogP contribution in [0.5, 0.6) is 5.75 Å². The highest BCUT2D eigenvalue weighted by Gasteiger charge is 2.36. The topological polar surface area (TPSA) is 75.7 Å². The van der Waals surface area contributed by atoms with Crippen molar-refractivity contribution in [1.82, 2.24) is 5.32 Å². The lowest BCUT2D eigenvalue weighted by molar-refractivity contribution is -0.127. The summed E-state index contributed by atoms with van der Waals surface area (Å²) < 4.78 is 33.4. The molecule has 0 aromatic heterocycles. The molecule has 0 saturated heterocycles. The number of nitrogens with one attached hydrogen (secondary N) is 1. The minimum atomic E-state index is -3.68. The summed E-state index contributed by atoms with van der Waals surface area (Å²) in [4.78, 5) is 12.6. The van der Waals surface area contributed by atoms with E-state index in [9.17, 15) is 13.2 Å². The van der Waals surface area contributed by atoms with Gasteiger partial charge in [-0.3, -0.25) is 9.10 Å². The Bertz CT molecular complexity index is 913. The number of rotatable bonds is 7. The first-order valence-corrected chi connectivity index (χ1v) is 11.1. The number of anilines is 1. The van der Waals surface area contributed by atoms with Gasteiger partial charge in [-0.2, -0.15) is 0 Å². The van der Waals surface area contributed by atoms with E-state index in [1.54, 1.807) is 36.4 Å². The van der Waals surface area contributed by atoms with Gasteiger partial charge >= 0.3 is 0 Å². The first-order chi connectivity index (χ1) is 13.4. The summed E-state index contributed by atoms with van der Waals surface area (Å²) in [6.45, 7) is 4.66. The fraction of sp³-hybridized carbons (Fsp3) is 0.381. The number of carbonyl (C=O) groups is 1. The first-order valence-electron chi connectivity index (χ1n) is 9.44. The average molecular weight is 403 g/mol. The summed E-state index contributed by atoms with van der Waals surface area (Å²) in [5.41, 5.74) is 1.16. The smallest absolute Gasteiger partial charge is 0.263 e. The van der Waals surface area contributed by atoms with Crippen molar-refractivity contribution in [3.8, 4) is 5.75 Å². The summed E-state index contributed by atoms with van der Waals surface area (Å²) >= 11 is 0. The number of benzene rings is 2.